The number of ether oxygens (including phenoxy) is 2. The number of hydrogen-bond acceptors (Lipinski definition) is 8. The van der Waals surface area contributed by atoms with Crippen molar-refractivity contribution in [1.29, 1.82) is 0 Å². The molecule has 4 heterocycles. The molecule has 0 N–H and O–H groups in total. The van der Waals surface area contributed by atoms with Gasteiger partial charge in [0.1, 0.15) is 12.1 Å². The van der Waals surface area contributed by atoms with Crippen LogP contribution in [0.25, 0.3) is 0 Å². The molecule has 0 aliphatic carbocycles. The first kappa shape index (κ1) is 30.4. The van der Waals surface area contributed by atoms with Crippen molar-refractivity contribution >= 4 is 35.4 Å². The Morgan fingerprint density at radius 2 is 1.04 bits per heavy atom. The summed E-state index contributed by atoms with van der Waals surface area (Å²) in [5.74, 6) is -4.10. The van der Waals surface area contributed by atoms with E-state index < -0.39 is 53.4 Å². The molecule has 0 radical (unpaired) electrons. The molecule has 0 saturated carbocycles. The van der Waals surface area contributed by atoms with E-state index in [4.69, 9.17) is 9.47 Å². The molecule has 2 aromatic carbocycles. The van der Waals surface area contributed by atoms with E-state index >= 15 is 0 Å². The number of carbonyl (C=O) groups is 6. The third-order valence-electron chi connectivity index (χ3n) is 9.00. The third-order valence-corrected chi connectivity index (χ3v) is 9.00. The van der Waals surface area contributed by atoms with Crippen molar-refractivity contribution < 1.29 is 38.2 Å². The lowest BCUT2D eigenvalue weighted by Crippen LogP contribution is -2.57. The summed E-state index contributed by atoms with van der Waals surface area (Å²) in [6, 6.07) is 10.3. The van der Waals surface area contributed by atoms with E-state index in [0.717, 1.165) is 9.80 Å². The van der Waals surface area contributed by atoms with Crippen molar-refractivity contribution in [3.63, 3.8) is 0 Å². The molecule has 4 aliphatic heterocycles. The van der Waals surface area contributed by atoms with Crippen molar-refractivity contribution in [2.45, 2.75) is 25.4 Å². The highest BCUT2D eigenvalue weighted by molar-refractivity contribution is 6.23. The van der Waals surface area contributed by atoms with Gasteiger partial charge in [0.25, 0.3) is 23.6 Å². The monoisotopic (exact) mass is 614 g/mol. The summed E-state index contributed by atoms with van der Waals surface area (Å²) >= 11 is 0. The Balaban J connectivity index is 1.34. The predicted octanol–water partition coefficient (Wildman–Crippen LogP) is 1.62. The Labute approximate surface area is 260 Å². The van der Waals surface area contributed by atoms with E-state index in [1.807, 2.05) is 0 Å². The van der Waals surface area contributed by atoms with Gasteiger partial charge in [-0.3, -0.25) is 38.6 Å². The minimum atomic E-state index is -1.27. The van der Waals surface area contributed by atoms with Gasteiger partial charge in [0.15, 0.2) is 0 Å². The number of hydrogen-bond donors (Lipinski definition) is 0. The Morgan fingerprint density at radius 3 is 1.47 bits per heavy atom. The number of amides is 6. The molecule has 0 unspecified atom stereocenters. The lowest BCUT2D eigenvalue weighted by atomic mass is 9.87. The average Bonchev–Trinajstić information content (AvgIpc) is 3.48. The molecule has 3 atom stereocenters. The fraction of sp³-hybridized carbons (Fsp3) is 0.394. The van der Waals surface area contributed by atoms with Crippen LogP contribution in [0.2, 0.25) is 0 Å². The molecule has 2 saturated heterocycles. The molecule has 12 heteroatoms. The zero-order chi connectivity index (χ0) is 31.8. The molecule has 0 bridgehead atoms. The highest BCUT2D eigenvalue weighted by Crippen LogP contribution is 2.34. The van der Waals surface area contributed by atoms with E-state index in [2.05, 4.69) is 6.58 Å². The lowest BCUT2D eigenvalue weighted by Gasteiger charge is -2.38. The number of imide groups is 2. The maximum Gasteiger partial charge on any atom is 0.262 e. The smallest absolute Gasteiger partial charge is 0.262 e. The Kier molecular flexibility index (Phi) is 8.34. The first-order valence-corrected chi connectivity index (χ1v) is 15.0. The van der Waals surface area contributed by atoms with E-state index in [0.29, 0.717) is 32.0 Å². The first-order valence-electron chi connectivity index (χ1n) is 15.0. The number of morpholine rings is 2. The second-order valence-electron chi connectivity index (χ2n) is 11.5. The summed E-state index contributed by atoms with van der Waals surface area (Å²) < 4.78 is 10.8. The minimum Gasteiger partial charge on any atom is -0.378 e. The summed E-state index contributed by atoms with van der Waals surface area (Å²) in [6.07, 6.45) is -0.168. The van der Waals surface area contributed by atoms with Crippen LogP contribution in [0.4, 0.5) is 0 Å². The molecule has 6 amide bonds. The maximum atomic E-state index is 14.1. The van der Waals surface area contributed by atoms with Crippen LogP contribution in [0.5, 0.6) is 0 Å². The van der Waals surface area contributed by atoms with Crippen molar-refractivity contribution in [3.05, 3.63) is 82.9 Å². The van der Waals surface area contributed by atoms with Crippen LogP contribution in [-0.4, -0.2) is 120 Å². The lowest BCUT2D eigenvalue weighted by molar-refractivity contribution is -0.140. The zero-order valence-corrected chi connectivity index (χ0v) is 25.0. The summed E-state index contributed by atoms with van der Waals surface area (Å²) in [7, 11) is 0. The van der Waals surface area contributed by atoms with Gasteiger partial charge in [-0.15, -0.1) is 0 Å². The highest BCUT2D eigenvalue weighted by atomic mass is 16.5. The number of benzene rings is 2. The number of fused-ring (bicyclic) bond motifs is 2. The first-order chi connectivity index (χ1) is 21.7. The quantitative estimate of drug-likeness (QED) is 0.324. The van der Waals surface area contributed by atoms with Gasteiger partial charge >= 0.3 is 0 Å². The molecule has 12 nitrogen and oxygen atoms in total. The Hall–Kier alpha value is -4.68. The Bertz CT molecular complexity index is 1520. The number of carbonyl (C=O) groups excluding carboxylic acids is 6. The van der Waals surface area contributed by atoms with Crippen molar-refractivity contribution in [2.24, 2.45) is 5.92 Å². The fourth-order valence-corrected chi connectivity index (χ4v) is 6.41. The van der Waals surface area contributed by atoms with Gasteiger partial charge in [-0.05, 0) is 30.7 Å². The van der Waals surface area contributed by atoms with E-state index in [1.165, 1.54) is 0 Å². The van der Waals surface area contributed by atoms with Gasteiger partial charge in [-0.2, -0.15) is 0 Å². The van der Waals surface area contributed by atoms with Crippen molar-refractivity contribution in [2.75, 3.05) is 52.6 Å². The highest BCUT2D eigenvalue weighted by Gasteiger charge is 2.49. The molecular weight excluding hydrogens is 580 g/mol. The number of rotatable bonds is 8. The molecule has 0 aromatic heterocycles. The summed E-state index contributed by atoms with van der Waals surface area (Å²) in [4.78, 5) is 87.6. The normalized spacial score (nSPS) is 20.2. The standard InChI is InChI=1S/C33H34N4O8/c1-20(19-26(32(42)34-11-15-44-16-12-34)36-28(38)22-7-3-4-8-23(22)29(36)39)21(2)27(33(43)35-13-17-45-18-14-35)37-30(40)24-9-5-6-10-25(24)31(37)41/h3-10,21,26-27H,1,11-19H2,2H3/t21-,26+,27+/m1/s1. The molecule has 45 heavy (non-hydrogen) atoms. The maximum absolute atomic E-state index is 14.1. The number of nitrogens with zero attached hydrogens (tertiary/aromatic N) is 4. The minimum absolute atomic E-state index is 0.168. The zero-order valence-electron chi connectivity index (χ0n) is 25.0. The van der Waals surface area contributed by atoms with Crippen molar-refractivity contribution in [1.82, 2.24) is 19.6 Å². The molecule has 234 valence electrons. The Morgan fingerprint density at radius 1 is 0.667 bits per heavy atom. The SMILES string of the molecule is C=C(C[C@@H](C(=O)N1CCOCC1)N1C(=O)c2ccccc2C1=O)[C@@H](C)[C@@H](C(=O)N1CCOCC1)N1C(=O)c2ccccc2C1=O. The van der Waals surface area contributed by atoms with Crippen LogP contribution >= 0.6 is 0 Å². The van der Waals surface area contributed by atoms with Gasteiger partial charge < -0.3 is 19.3 Å². The van der Waals surface area contributed by atoms with Crippen LogP contribution in [0.15, 0.2) is 60.7 Å². The van der Waals surface area contributed by atoms with Crippen LogP contribution < -0.4 is 0 Å². The van der Waals surface area contributed by atoms with Gasteiger partial charge in [0.05, 0.1) is 48.7 Å². The summed E-state index contributed by atoms with van der Waals surface area (Å²) in [5, 5.41) is 0. The predicted molar refractivity (Wildman–Crippen MR) is 159 cm³/mol. The van der Waals surface area contributed by atoms with E-state index in [9.17, 15) is 28.8 Å². The molecule has 0 spiro atoms. The van der Waals surface area contributed by atoms with Crippen LogP contribution in [0.1, 0.15) is 54.8 Å². The van der Waals surface area contributed by atoms with Gasteiger partial charge in [-0.25, -0.2) is 0 Å². The fourth-order valence-electron chi connectivity index (χ4n) is 6.41. The van der Waals surface area contributed by atoms with Crippen LogP contribution in [-0.2, 0) is 19.1 Å². The van der Waals surface area contributed by atoms with Crippen LogP contribution in [0.3, 0.4) is 0 Å². The molecular formula is C33H34N4O8. The van der Waals surface area contributed by atoms with Gasteiger partial charge in [0.2, 0.25) is 11.8 Å². The summed E-state index contributed by atoms with van der Waals surface area (Å²) in [5.41, 5.74) is 1.14. The average molecular weight is 615 g/mol. The van der Waals surface area contributed by atoms with Gasteiger partial charge in [0, 0.05) is 32.1 Å². The van der Waals surface area contributed by atoms with E-state index in [-0.39, 0.29) is 54.9 Å². The second-order valence-corrected chi connectivity index (χ2v) is 11.5. The molecule has 2 fully saturated rings. The third kappa shape index (κ3) is 5.33. The second kappa shape index (κ2) is 12.4. The van der Waals surface area contributed by atoms with Crippen LogP contribution in [0, 0.1) is 5.92 Å². The molecule has 4 aliphatic rings. The molecule has 6 rings (SSSR count). The topological polar surface area (TPSA) is 134 Å². The largest absolute Gasteiger partial charge is 0.378 e. The van der Waals surface area contributed by atoms with Crippen molar-refractivity contribution in [3.8, 4) is 0 Å². The molecule has 2 aromatic rings. The summed E-state index contributed by atoms with van der Waals surface area (Å²) in [6.45, 7) is 8.28. The van der Waals surface area contributed by atoms with E-state index in [1.54, 1.807) is 65.3 Å². The van der Waals surface area contributed by atoms with Gasteiger partial charge in [-0.1, -0.05) is 43.3 Å².